The summed E-state index contributed by atoms with van der Waals surface area (Å²) in [6.45, 7) is 0. The van der Waals surface area contributed by atoms with Crippen LogP contribution in [0.2, 0.25) is 0 Å². The summed E-state index contributed by atoms with van der Waals surface area (Å²) in [5.41, 5.74) is -0.858. The monoisotopic (exact) mass is 830 g/mol. The Balaban J connectivity index is 0.000000218. The molecule has 0 atom stereocenters. The van der Waals surface area contributed by atoms with Gasteiger partial charge >= 0.3 is 37.3 Å². The third kappa shape index (κ3) is 10.3. The highest BCUT2D eigenvalue weighted by molar-refractivity contribution is 5.94. The molecule has 0 amide bonds. The standard InChI is InChI=1S/C17H11F5O7.C16H9F5O7/c1-24-12-5-8(27-16(18,19)20)3-4-10(12)26-11-7-14-13(28-17(21,22)29-14)6-9(11)15(23)25-2;1-24-11-4-7(26-15(17,18)19)2-3-9(11)25-10-6-13-12(5-8(10)14(22)23)27-16(20,21)28-13/h3-7H,1-2H3;2-6H,1H3,(H,22,23). The van der Waals surface area contributed by atoms with Crippen LogP contribution >= 0.6 is 0 Å². The van der Waals surface area contributed by atoms with Gasteiger partial charge in [0, 0.05) is 36.4 Å². The van der Waals surface area contributed by atoms with E-state index in [9.17, 15) is 58.6 Å². The van der Waals surface area contributed by atoms with Crippen LogP contribution in [0.4, 0.5) is 43.9 Å². The highest BCUT2D eigenvalue weighted by Crippen LogP contribution is 2.48. The first-order valence-corrected chi connectivity index (χ1v) is 14.9. The van der Waals surface area contributed by atoms with Gasteiger partial charge in [0.1, 0.15) is 34.1 Å². The molecule has 0 aromatic heterocycles. The molecule has 4 aromatic carbocycles. The molecule has 0 aliphatic carbocycles. The smallest absolute Gasteiger partial charge is 0.493 e. The van der Waals surface area contributed by atoms with Gasteiger partial charge in [-0.2, -0.15) is 0 Å². The number of rotatable bonds is 10. The lowest BCUT2D eigenvalue weighted by Crippen LogP contribution is -2.26. The first-order valence-electron chi connectivity index (χ1n) is 14.9. The van der Waals surface area contributed by atoms with Gasteiger partial charge in [0.25, 0.3) is 0 Å². The highest BCUT2D eigenvalue weighted by Gasteiger charge is 2.46. The summed E-state index contributed by atoms with van der Waals surface area (Å²) in [6.07, 6.45) is -17.8. The van der Waals surface area contributed by atoms with E-state index in [-0.39, 0.29) is 34.3 Å². The fourth-order valence-corrected chi connectivity index (χ4v) is 4.66. The maximum Gasteiger partial charge on any atom is 0.586 e. The first kappa shape index (κ1) is 41.3. The average molecular weight is 830 g/mol. The molecule has 0 radical (unpaired) electrons. The Morgan fingerprint density at radius 1 is 0.544 bits per heavy atom. The average Bonchev–Trinajstić information content (AvgIpc) is 3.58. The number of carboxylic acids is 1. The number of methoxy groups -OCH3 is 3. The molecule has 14 nitrogen and oxygen atoms in total. The third-order valence-electron chi connectivity index (χ3n) is 6.82. The lowest BCUT2D eigenvalue weighted by molar-refractivity contribution is -0.287. The molecule has 0 saturated heterocycles. The Morgan fingerprint density at radius 2 is 0.912 bits per heavy atom. The number of benzene rings is 4. The van der Waals surface area contributed by atoms with Crippen LogP contribution in [0.3, 0.4) is 0 Å². The fourth-order valence-electron chi connectivity index (χ4n) is 4.66. The van der Waals surface area contributed by atoms with Gasteiger partial charge < -0.3 is 57.2 Å². The summed E-state index contributed by atoms with van der Waals surface area (Å²) in [6, 6.07) is 9.14. The van der Waals surface area contributed by atoms with E-state index < -0.39 is 83.1 Å². The number of halogens is 10. The van der Waals surface area contributed by atoms with Gasteiger partial charge in [0.15, 0.2) is 46.0 Å². The molecule has 306 valence electrons. The Morgan fingerprint density at radius 3 is 1.26 bits per heavy atom. The van der Waals surface area contributed by atoms with Crippen molar-refractivity contribution in [1.29, 1.82) is 0 Å². The van der Waals surface area contributed by atoms with E-state index in [1.165, 1.54) is 0 Å². The molecule has 2 aliphatic heterocycles. The van der Waals surface area contributed by atoms with E-state index in [2.05, 4.69) is 33.2 Å². The molecule has 0 fully saturated rings. The van der Waals surface area contributed by atoms with Gasteiger partial charge in [0.2, 0.25) is 0 Å². The van der Waals surface area contributed by atoms with Crippen molar-refractivity contribution < 1.29 is 111 Å². The normalized spacial score (nSPS) is 14.4. The minimum Gasteiger partial charge on any atom is -0.493 e. The van der Waals surface area contributed by atoms with Gasteiger partial charge in [0.05, 0.1) is 21.3 Å². The molecule has 1 N–H and O–H groups in total. The second-order valence-electron chi connectivity index (χ2n) is 10.6. The summed E-state index contributed by atoms with van der Waals surface area (Å²) in [5.74, 6) is -7.02. The number of alkyl halides is 10. The van der Waals surface area contributed by atoms with Crippen LogP contribution in [0.15, 0.2) is 60.7 Å². The number of aromatic carboxylic acids is 1. The largest absolute Gasteiger partial charge is 0.586 e. The number of ether oxygens (including phenoxy) is 11. The number of esters is 1. The number of hydrogen-bond acceptors (Lipinski definition) is 13. The summed E-state index contributed by atoms with van der Waals surface area (Å²) in [4.78, 5) is 23.4. The Kier molecular flexibility index (Phi) is 11.1. The fraction of sp³-hybridized carbons (Fsp3) is 0.212. The van der Waals surface area contributed by atoms with E-state index in [4.69, 9.17) is 18.9 Å². The van der Waals surface area contributed by atoms with Crippen LogP contribution < -0.4 is 47.4 Å². The van der Waals surface area contributed by atoms with Crippen LogP contribution in [0, 0.1) is 0 Å². The topological polar surface area (TPSA) is 156 Å². The third-order valence-corrected chi connectivity index (χ3v) is 6.82. The van der Waals surface area contributed by atoms with Crippen LogP contribution in [0.25, 0.3) is 0 Å². The highest BCUT2D eigenvalue weighted by atomic mass is 19.4. The number of carbonyl (C=O) groups excluding carboxylic acids is 1. The maximum absolute atomic E-state index is 13.3. The maximum atomic E-state index is 13.3. The summed E-state index contributed by atoms with van der Waals surface area (Å²) in [5, 5.41) is 9.26. The van der Waals surface area contributed by atoms with Crippen molar-refractivity contribution in [3.63, 3.8) is 0 Å². The van der Waals surface area contributed by atoms with E-state index in [1.54, 1.807) is 0 Å². The lowest BCUT2D eigenvalue weighted by atomic mass is 10.1. The quantitative estimate of drug-likeness (QED) is 0.119. The van der Waals surface area contributed by atoms with E-state index in [1.807, 2.05) is 0 Å². The zero-order chi connectivity index (χ0) is 42.1. The molecule has 0 bridgehead atoms. The minimum absolute atomic E-state index is 0.141. The molecule has 0 saturated carbocycles. The summed E-state index contributed by atoms with van der Waals surface area (Å²) >= 11 is 0. The van der Waals surface area contributed by atoms with Crippen LogP contribution in [-0.2, 0) is 4.74 Å². The zero-order valence-corrected chi connectivity index (χ0v) is 28.3. The van der Waals surface area contributed by atoms with Gasteiger partial charge in [-0.25, -0.2) is 9.59 Å². The van der Waals surface area contributed by atoms with Crippen LogP contribution in [0.5, 0.6) is 69.0 Å². The van der Waals surface area contributed by atoms with Crippen molar-refractivity contribution in [2.75, 3.05) is 21.3 Å². The van der Waals surface area contributed by atoms with E-state index in [0.717, 1.165) is 82.0 Å². The van der Waals surface area contributed by atoms with Crippen molar-refractivity contribution in [2.24, 2.45) is 0 Å². The van der Waals surface area contributed by atoms with E-state index in [0.29, 0.717) is 0 Å². The molecule has 57 heavy (non-hydrogen) atoms. The number of hydrogen-bond donors (Lipinski definition) is 1. The van der Waals surface area contributed by atoms with Gasteiger partial charge in [-0.3, -0.25) is 0 Å². The Labute approximate surface area is 310 Å². The van der Waals surface area contributed by atoms with Crippen LogP contribution in [-0.4, -0.2) is 63.7 Å². The Hall–Kier alpha value is -6.88. The Bertz CT molecular complexity index is 2170. The first-order chi connectivity index (χ1) is 26.5. The molecular formula is C33H20F10O14. The zero-order valence-electron chi connectivity index (χ0n) is 28.3. The number of fused-ring (bicyclic) bond motifs is 2. The lowest BCUT2D eigenvalue weighted by Gasteiger charge is -2.15. The molecule has 2 aliphatic rings. The van der Waals surface area contributed by atoms with Gasteiger partial charge in [-0.1, -0.05) is 0 Å². The molecule has 24 heteroatoms. The summed E-state index contributed by atoms with van der Waals surface area (Å²) in [7, 11) is 3.33. The van der Waals surface area contributed by atoms with Gasteiger partial charge in [-0.15, -0.1) is 43.9 Å². The molecule has 2 heterocycles. The predicted octanol–water partition coefficient (Wildman–Crippen LogP) is 8.90. The number of carbonyl (C=O) groups is 2. The molecule has 4 aromatic rings. The van der Waals surface area contributed by atoms with Crippen molar-refractivity contribution >= 4 is 11.9 Å². The second-order valence-corrected chi connectivity index (χ2v) is 10.6. The van der Waals surface area contributed by atoms with Crippen molar-refractivity contribution in [3.05, 3.63) is 71.8 Å². The molecule has 0 unspecified atom stereocenters. The molecule has 0 spiro atoms. The number of carboxylic acid groups (broad SMARTS) is 1. The van der Waals surface area contributed by atoms with Crippen molar-refractivity contribution in [1.82, 2.24) is 0 Å². The SMILES string of the molecule is COC(=O)c1cc2c(cc1Oc1ccc(OC(F)(F)F)cc1OC)OC(F)(F)O2.COc1cc(OC(F)(F)F)ccc1Oc1cc2c(cc1C(=O)O)OC(F)(F)O2. The summed E-state index contributed by atoms with van der Waals surface area (Å²) < 4.78 is 177. The second kappa shape index (κ2) is 15.3. The van der Waals surface area contributed by atoms with E-state index >= 15 is 0 Å². The predicted molar refractivity (Wildman–Crippen MR) is 163 cm³/mol. The van der Waals surface area contributed by atoms with Crippen molar-refractivity contribution in [2.45, 2.75) is 25.3 Å². The van der Waals surface area contributed by atoms with Crippen LogP contribution in [0.1, 0.15) is 20.7 Å². The molecular weight excluding hydrogens is 810 g/mol. The van der Waals surface area contributed by atoms with Gasteiger partial charge in [-0.05, 0) is 24.3 Å². The molecule has 6 rings (SSSR count). The minimum atomic E-state index is -4.94. The van der Waals surface area contributed by atoms with Crippen molar-refractivity contribution in [3.8, 4) is 69.0 Å².